The number of halogens is 1. The molecule has 1 fully saturated rings. The predicted octanol–water partition coefficient (Wildman–Crippen LogP) is 3.96. The van der Waals surface area contributed by atoms with Crippen LogP contribution in [0.15, 0.2) is 42.7 Å². The minimum Gasteiger partial charge on any atom is -0.493 e. The number of hydrogen-bond acceptors (Lipinski definition) is 7. The van der Waals surface area contributed by atoms with Crippen molar-refractivity contribution in [3.8, 4) is 11.5 Å². The van der Waals surface area contributed by atoms with Gasteiger partial charge in [-0.3, -0.25) is 0 Å². The summed E-state index contributed by atoms with van der Waals surface area (Å²) >= 11 is 6.18. The Morgan fingerprint density at radius 2 is 2.03 bits per heavy atom. The van der Waals surface area contributed by atoms with E-state index in [4.69, 9.17) is 21.1 Å². The van der Waals surface area contributed by atoms with E-state index in [9.17, 15) is 5.11 Å². The minimum atomic E-state index is -0.155. The van der Waals surface area contributed by atoms with Crippen molar-refractivity contribution in [1.82, 2.24) is 15.3 Å². The molecule has 0 radical (unpaired) electrons. The number of rotatable bonds is 8. The Morgan fingerprint density at radius 3 is 2.77 bits per heavy atom. The molecule has 31 heavy (non-hydrogen) atoms. The summed E-state index contributed by atoms with van der Waals surface area (Å²) in [6.07, 6.45) is 4.07. The number of hydrogen-bond donors (Lipinski definition) is 3. The molecule has 1 aliphatic rings. The highest BCUT2D eigenvalue weighted by molar-refractivity contribution is 6.30. The summed E-state index contributed by atoms with van der Waals surface area (Å²) in [6, 6.07) is 11.3. The smallest absolute Gasteiger partial charge is 0.162 e. The Bertz CT molecular complexity index is 1030. The molecule has 4 rings (SSSR count). The van der Waals surface area contributed by atoms with Crippen LogP contribution >= 0.6 is 11.6 Å². The molecule has 3 aromatic rings. The third-order valence-electron chi connectivity index (χ3n) is 5.48. The van der Waals surface area contributed by atoms with Crippen LogP contribution in [0.2, 0.25) is 5.02 Å². The van der Waals surface area contributed by atoms with E-state index in [1.165, 1.54) is 6.33 Å². The first-order valence-electron chi connectivity index (χ1n) is 10.5. The molecule has 1 unspecified atom stereocenters. The van der Waals surface area contributed by atoms with Gasteiger partial charge in [0.1, 0.15) is 18.2 Å². The summed E-state index contributed by atoms with van der Waals surface area (Å²) in [5.74, 6) is 2.00. The summed E-state index contributed by atoms with van der Waals surface area (Å²) in [4.78, 5) is 8.89. The molecule has 1 atom stereocenters. The number of fused-ring (bicyclic) bond motifs is 1. The van der Waals surface area contributed by atoms with E-state index in [-0.39, 0.29) is 18.8 Å². The van der Waals surface area contributed by atoms with Crippen molar-refractivity contribution in [3.63, 3.8) is 0 Å². The highest BCUT2D eigenvalue weighted by Gasteiger charge is 2.20. The van der Waals surface area contributed by atoms with Gasteiger partial charge in [-0.25, -0.2) is 9.97 Å². The number of piperidine rings is 1. The van der Waals surface area contributed by atoms with Crippen molar-refractivity contribution >= 4 is 28.3 Å². The van der Waals surface area contributed by atoms with E-state index in [1.54, 1.807) is 7.11 Å². The Morgan fingerprint density at radius 1 is 1.19 bits per heavy atom. The molecule has 0 saturated carbocycles. The molecule has 2 aromatic carbocycles. The van der Waals surface area contributed by atoms with Gasteiger partial charge in [0.2, 0.25) is 0 Å². The Kier molecular flexibility index (Phi) is 7.06. The first kappa shape index (κ1) is 21.6. The van der Waals surface area contributed by atoms with Crippen LogP contribution in [0.5, 0.6) is 11.5 Å². The largest absolute Gasteiger partial charge is 0.493 e. The zero-order chi connectivity index (χ0) is 21.6. The van der Waals surface area contributed by atoms with Crippen molar-refractivity contribution < 1.29 is 14.6 Å². The van der Waals surface area contributed by atoms with Gasteiger partial charge in [0.15, 0.2) is 11.5 Å². The highest BCUT2D eigenvalue weighted by Crippen LogP contribution is 2.36. The van der Waals surface area contributed by atoms with Crippen molar-refractivity contribution in [2.24, 2.45) is 0 Å². The Labute approximate surface area is 186 Å². The standard InChI is InChI=1S/C23H27ClN4O3/c1-30-21-13-20-18(12-22(21)31-17-5-8-25-9-6-17)23(27-14-26-20)28-19(7-10-29)15-3-2-4-16(24)11-15/h2-4,11-14,17,19,25,29H,5-10H2,1H3,(H,26,27,28). The topological polar surface area (TPSA) is 88.5 Å². The van der Waals surface area contributed by atoms with E-state index < -0.39 is 0 Å². The first-order chi connectivity index (χ1) is 15.2. The molecule has 0 spiro atoms. The van der Waals surface area contributed by atoms with Crippen molar-refractivity contribution in [2.75, 3.05) is 32.1 Å². The maximum absolute atomic E-state index is 9.61. The average molecular weight is 443 g/mol. The lowest BCUT2D eigenvalue weighted by molar-refractivity contribution is 0.157. The lowest BCUT2D eigenvalue weighted by Gasteiger charge is -2.25. The molecule has 0 amide bonds. The summed E-state index contributed by atoms with van der Waals surface area (Å²) in [5, 5.41) is 17.9. The number of benzene rings is 2. The average Bonchev–Trinajstić information content (AvgIpc) is 2.79. The zero-order valence-electron chi connectivity index (χ0n) is 17.5. The van der Waals surface area contributed by atoms with Gasteiger partial charge in [-0.1, -0.05) is 23.7 Å². The van der Waals surface area contributed by atoms with Crippen LogP contribution in [0, 0.1) is 0 Å². The third kappa shape index (κ3) is 5.18. The summed E-state index contributed by atoms with van der Waals surface area (Å²) < 4.78 is 11.9. The minimum absolute atomic E-state index is 0.0328. The van der Waals surface area contributed by atoms with Gasteiger partial charge >= 0.3 is 0 Å². The molecular formula is C23H27ClN4O3. The van der Waals surface area contributed by atoms with Crippen LogP contribution < -0.4 is 20.1 Å². The SMILES string of the molecule is COc1cc2ncnc(NC(CCO)c3cccc(Cl)c3)c2cc1OC1CCNCC1. The highest BCUT2D eigenvalue weighted by atomic mass is 35.5. The number of aliphatic hydroxyl groups excluding tert-OH is 1. The van der Waals surface area contributed by atoms with E-state index in [0.717, 1.165) is 42.4 Å². The van der Waals surface area contributed by atoms with Gasteiger partial charge in [0.25, 0.3) is 0 Å². The van der Waals surface area contributed by atoms with Gasteiger partial charge in [-0.15, -0.1) is 0 Å². The third-order valence-corrected chi connectivity index (χ3v) is 5.72. The summed E-state index contributed by atoms with van der Waals surface area (Å²) in [5.41, 5.74) is 1.73. The fourth-order valence-corrected chi connectivity index (χ4v) is 4.06. The lowest BCUT2D eigenvalue weighted by atomic mass is 10.0. The lowest BCUT2D eigenvalue weighted by Crippen LogP contribution is -2.34. The Hall–Kier alpha value is -2.61. The maximum atomic E-state index is 9.61. The normalized spacial score (nSPS) is 15.6. The molecule has 0 bridgehead atoms. The molecule has 1 aromatic heterocycles. The molecule has 1 saturated heterocycles. The molecule has 164 valence electrons. The summed E-state index contributed by atoms with van der Waals surface area (Å²) in [6.45, 7) is 1.92. The second-order valence-corrected chi connectivity index (χ2v) is 8.01. The van der Waals surface area contributed by atoms with Gasteiger partial charge in [0, 0.05) is 23.1 Å². The van der Waals surface area contributed by atoms with Crippen molar-refractivity contribution in [3.05, 3.63) is 53.3 Å². The molecule has 2 heterocycles. The molecule has 1 aliphatic heterocycles. The fraction of sp³-hybridized carbons (Fsp3) is 0.391. The van der Waals surface area contributed by atoms with Crippen LogP contribution in [0.25, 0.3) is 10.9 Å². The predicted molar refractivity (Wildman–Crippen MR) is 122 cm³/mol. The van der Waals surface area contributed by atoms with Crippen LogP contribution in [-0.2, 0) is 0 Å². The van der Waals surface area contributed by atoms with Crippen LogP contribution in [0.3, 0.4) is 0 Å². The van der Waals surface area contributed by atoms with Crippen molar-refractivity contribution in [2.45, 2.75) is 31.4 Å². The van der Waals surface area contributed by atoms with Crippen LogP contribution in [0.1, 0.15) is 30.9 Å². The molecule has 0 aliphatic carbocycles. The van der Waals surface area contributed by atoms with Gasteiger partial charge in [-0.05, 0) is 56.1 Å². The Balaban J connectivity index is 1.68. The van der Waals surface area contributed by atoms with Crippen molar-refractivity contribution in [1.29, 1.82) is 0 Å². The number of nitrogens with zero attached hydrogens (tertiary/aromatic N) is 2. The second-order valence-electron chi connectivity index (χ2n) is 7.57. The number of nitrogens with one attached hydrogen (secondary N) is 2. The van der Waals surface area contributed by atoms with Gasteiger partial charge in [0.05, 0.1) is 18.7 Å². The maximum Gasteiger partial charge on any atom is 0.162 e. The van der Waals surface area contributed by atoms with E-state index in [2.05, 4.69) is 20.6 Å². The monoisotopic (exact) mass is 442 g/mol. The summed E-state index contributed by atoms with van der Waals surface area (Å²) in [7, 11) is 1.63. The van der Waals surface area contributed by atoms with E-state index in [1.807, 2.05) is 36.4 Å². The molecule has 7 nitrogen and oxygen atoms in total. The molecule has 3 N–H and O–H groups in total. The number of anilines is 1. The van der Waals surface area contributed by atoms with Gasteiger partial charge in [-0.2, -0.15) is 0 Å². The fourth-order valence-electron chi connectivity index (χ4n) is 3.86. The molecule has 8 heteroatoms. The first-order valence-corrected chi connectivity index (χ1v) is 10.9. The van der Waals surface area contributed by atoms with Crippen LogP contribution in [0.4, 0.5) is 5.82 Å². The number of ether oxygens (including phenoxy) is 2. The number of methoxy groups -OCH3 is 1. The molecular weight excluding hydrogens is 416 g/mol. The number of aromatic nitrogens is 2. The zero-order valence-corrected chi connectivity index (χ0v) is 18.2. The quantitative estimate of drug-likeness (QED) is 0.486. The second kappa shape index (κ2) is 10.1. The van der Waals surface area contributed by atoms with E-state index in [0.29, 0.717) is 28.8 Å². The van der Waals surface area contributed by atoms with Crippen LogP contribution in [-0.4, -0.2) is 48.0 Å². The number of aliphatic hydroxyl groups is 1. The van der Waals surface area contributed by atoms with Gasteiger partial charge < -0.3 is 25.2 Å². The van der Waals surface area contributed by atoms with E-state index >= 15 is 0 Å².